The molecule has 0 atom stereocenters. The zero-order chi connectivity index (χ0) is 23.0. The number of halogens is 1. The number of nitrogens with zero attached hydrogens (tertiary/aromatic N) is 2. The van der Waals surface area contributed by atoms with E-state index in [2.05, 4.69) is 15.6 Å². The van der Waals surface area contributed by atoms with E-state index >= 15 is 0 Å². The summed E-state index contributed by atoms with van der Waals surface area (Å²) in [7, 11) is 0. The molecule has 2 rings (SSSR count). The topological polar surface area (TPSA) is 101 Å². The number of amides is 3. The Hall–Kier alpha value is -3.27. The van der Waals surface area contributed by atoms with Crippen LogP contribution in [0.1, 0.15) is 33.4 Å². The number of alkyl carbamates (subject to hydrolysis) is 1. The highest BCUT2D eigenvalue weighted by molar-refractivity contribution is 7.14. The van der Waals surface area contributed by atoms with Crippen LogP contribution in [-0.2, 0) is 14.3 Å². The van der Waals surface area contributed by atoms with Crippen molar-refractivity contribution in [3.63, 3.8) is 0 Å². The van der Waals surface area contributed by atoms with E-state index in [1.54, 1.807) is 32.2 Å². The van der Waals surface area contributed by atoms with Crippen molar-refractivity contribution in [2.24, 2.45) is 0 Å². The first-order chi connectivity index (χ1) is 14.6. The first-order valence-electron chi connectivity index (χ1n) is 9.50. The van der Waals surface area contributed by atoms with Gasteiger partial charge < -0.3 is 15.4 Å². The first kappa shape index (κ1) is 24.0. The molecule has 0 aliphatic rings. The molecule has 8 nitrogen and oxygen atoms in total. The van der Waals surface area contributed by atoms with Crippen molar-refractivity contribution < 1.29 is 23.5 Å². The zero-order valence-electron chi connectivity index (χ0n) is 17.8. The number of thiazole rings is 1. The maximum Gasteiger partial charge on any atom is 0.407 e. The predicted octanol–water partition coefficient (Wildman–Crippen LogP) is 3.62. The van der Waals surface area contributed by atoms with Crippen molar-refractivity contribution in [1.82, 2.24) is 15.6 Å². The standard InChI is InChI=1S/C21H25FN4O4S/c1-14(27)26(17-8-6-5-7-16(17)22)19-25-15(13-31-19)9-10-18(28)23-11-12-24-20(29)30-21(2,3)4/h5-10,13H,11-12H2,1-4H3,(H,23,28)(H,24,29)/b10-9+. The Morgan fingerprint density at radius 3 is 2.52 bits per heavy atom. The largest absolute Gasteiger partial charge is 0.444 e. The molecular formula is C21H25FN4O4S. The fourth-order valence-electron chi connectivity index (χ4n) is 2.38. The number of hydrogen-bond acceptors (Lipinski definition) is 6. The molecule has 1 heterocycles. The number of hydrogen-bond donors (Lipinski definition) is 2. The lowest BCUT2D eigenvalue weighted by atomic mass is 10.2. The van der Waals surface area contributed by atoms with E-state index < -0.39 is 17.5 Å². The van der Waals surface area contributed by atoms with Crippen molar-refractivity contribution in [2.75, 3.05) is 18.0 Å². The number of rotatable bonds is 7. The Bertz CT molecular complexity index is 968. The quantitative estimate of drug-likeness (QED) is 0.498. The van der Waals surface area contributed by atoms with Gasteiger partial charge in [-0.15, -0.1) is 11.3 Å². The molecule has 3 amide bonds. The van der Waals surface area contributed by atoms with Crippen LogP contribution in [0, 0.1) is 5.82 Å². The Balaban J connectivity index is 1.90. The number of carbonyl (C=O) groups is 3. The van der Waals surface area contributed by atoms with Gasteiger partial charge in [0, 0.05) is 31.5 Å². The Morgan fingerprint density at radius 1 is 1.19 bits per heavy atom. The summed E-state index contributed by atoms with van der Waals surface area (Å²) in [6.45, 7) is 7.03. The van der Waals surface area contributed by atoms with Crippen LogP contribution in [0.25, 0.3) is 6.08 Å². The van der Waals surface area contributed by atoms with Crippen molar-refractivity contribution in [3.8, 4) is 0 Å². The van der Waals surface area contributed by atoms with E-state index in [4.69, 9.17) is 4.74 Å². The third-order valence-corrected chi connectivity index (χ3v) is 4.45. The number of para-hydroxylation sites is 1. The highest BCUT2D eigenvalue weighted by Crippen LogP contribution is 2.30. The summed E-state index contributed by atoms with van der Waals surface area (Å²) in [4.78, 5) is 41.0. The van der Waals surface area contributed by atoms with Gasteiger partial charge in [-0.2, -0.15) is 0 Å². The normalized spacial score (nSPS) is 11.3. The van der Waals surface area contributed by atoms with Crippen LogP contribution in [0.2, 0.25) is 0 Å². The van der Waals surface area contributed by atoms with Gasteiger partial charge >= 0.3 is 6.09 Å². The summed E-state index contributed by atoms with van der Waals surface area (Å²) < 4.78 is 19.2. The van der Waals surface area contributed by atoms with Crippen molar-refractivity contribution in [1.29, 1.82) is 0 Å². The molecule has 0 aliphatic carbocycles. The third-order valence-electron chi connectivity index (χ3n) is 3.61. The van der Waals surface area contributed by atoms with Crippen LogP contribution >= 0.6 is 11.3 Å². The molecule has 0 saturated heterocycles. The molecule has 0 radical (unpaired) electrons. The molecule has 2 aromatic rings. The Morgan fingerprint density at radius 2 is 1.87 bits per heavy atom. The number of ether oxygens (including phenoxy) is 1. The molecule has 2 N–H and O–H groups in total. The molecule has 0 spiro atoms. The van der Waals surface area contributed by atoms with Gasteiger partial charge in [0.05, 0.1) is 11.4 Å². The van der Waals surface area contributed by atoms with Crippen LogP contribution in [0.5, 0.6) is 0 Å². The molecule has 0 saturated carbocycles. The number of benzene rings is 1. The SMILES string of the molecule is CC(=O)N(c1nc(/C=C/C(=O)NCCNC(=O)OC(C)(C)C)cs1)c1ccccc1F. The first-order valence-corrected chi connectivity index (χ1v) is 10.4. The molecule has 1 aromatic heterocycles. The molecule has 1 aromatic carbocycles. The minimum Gasteiger partial charge on any atom is -0.444 e. The van der Waals surface area contributed by atoms with Crippen LogP contribution in [0.15, 0.2) is 35.7 Å². The molecule has 31 heavy (non-hydrogen) atoms. The van der Waals surface area contributed by atoms with E-state index in [9.17, 15) is 18.8 Å². The maximum absolute atomic E-state index is 14.1. The third kappa shape index (κ3) is 7.82. The number of anilines is 2. The highest BCUT2D eigenvalue weighted by Gasteiger charge is 2.20. The highest BCUT2D eigenvalue weighted by atomic mass is 32.1. The van der Waals surface area contributed by atoms with Gasteiger partial charge in [0.25, 0.3) is 0 Å². The second-order valence-corrected chi connectivity index (χ2v) is 8.25. The second-order valence-electron chi connectivity index (χ2n) is 7.41. The van der Waals surface area contributed by atoms with E-state index in [1.807, 2.05) is 0 Å². The molecule has 0 bridgehead atoms. The van der Waals surface area contributed by atoms with Crippen LogP contribution < -0.4 is 15.5 Å². The summed E-state index contributed by atoms with van der Waals surface area (Å²) in [6, 6.07) is 5.92. The second kappa shape index (κ2) is 10.7. The lowest BCUT2D eigenvalue weighted by Gasteiger charge is -2.19. The average Bonchev–Trinajstić information content (AvgIpc) is 3.12. The summed E-state index contributed by atoms with van der Waals surface area (Å²) in [5, 5.41) is 7.10. The molecule has 0 unspecified atom stereocenters. The summed E-state index contributed by atoms with van der Waals surface area (Å²) in [5.41, 5.74) is -0.0353. The van der Waals surface area contributed by atoms with Crippen LogP contribution in [0.4, 0.5) is 20.0 Å². The van der Waals surface area contributed by atoms with Gasteiger partial charge in [-0.25, -0.2) is 14.2 Å². The summed E-state index contributed by atoms with van der Waals surface area (Å²) in [6.07, 6.45) is 2.21. The van der Waals surface area contributed by atoms with Crippen LogP contribution in [-0.4, -0.2) is 41.6 Å². The zero-order valence-corrected chi connectivity index (χ0v) is 18.6. The van der Waals surface area contributed by atoms with Crippen molar-refractivity contribution in [2.45, 2.75) is 33.3 Å². The van der Waals surface area contributed by atoms with Gasteiger partial charge in [0.1, 0.15) is 11.4 Å². The average molecular weight is 449 g/mol. The maximum atomic E-state index is 14.1. The van der Waals surface area contributed by atoms with Gasteiger partial charge in [-0.05, 0) is 39.0 Å². The summed E-state index contributed by atoms with van der Waals surface area (Å²) >= 11 is 1.15. The van der Waals surface area contributed by atoms with Crippen molar-refractivity contribution >= 4 is 46.1 Å². The molecule has 0 fully saturated rings. The van der Waals surface area contributed by atoms with E-state index in [1.165, 1.54) is 42.2 Å². The van der Waals surface area contributed by atoms with E-state index in [-0.39, 0.29) is 30.6 Å². The van der Waals surface area contributed by atoms with E-state index in [0.717, 1.165) is 11.3 Å². The predicted molar refractivity (Wildman–Crippen MR) is 118 cm³/mol. The molecule has 0 aliphatic heterocycles. The number of aromatic nitrogens is 1. The Labute approximate surface area is 184 Å². The lowest BCUT2D eigenvalue weighted by Crippen LogP contribution is -2.37. The lowest BCUT2D eigenvalue weighted by molar-refractivity contribution is -0.117. The van der Waals surface area contributed by atoms with E-state index in [0.29, 0.717) is 10.8 Å². The van der Waals surface area contributed by atoms with Gasteiger partial charge in [0.15, 0.2) is 5.13 Å². The number of carbonyl (C=O) groups excluding carboxylic acids is 3. The smallest absolute Gasteiger partial charge is 0.407 e. The van der Waals surface area contributed by atoms with Gasteiger partial charge in [-0.3, -0.25) is 14.5 Å². The monoisotopic (exact) mass is 448 g/mol. The Kier molecular flexibility index (Phi) is 8.26. The van der Waals surface area contributed by atoms with Crippen LogP contribution in [0.3, 0.4) is 0 Å². The summed E-state index contributed by atoms with van der Waals surface area (Å²) in [5.74, 6) is -1.30. The van der Waals surface area contributed by atoms with Crippen molar-refractivity contribution in [3.05, 3.63) is 47.2 Å². The molecule has 10 heteroatoms. The molecule has 166 valence electrons. The van der Waals surface area contributed by atoms with Gasteiger partial charge in [0.2, 0.25) is 11.8 Å². The molecular weight excluding hydrogens is 423 g/mol. The fraction of sp³-hybridized carbons (Fsp3) is 0.333. The fourth-order valence-corrected chi connectivity index (χ4v) is 3.23. The van der Waals surface area contributed by atoms with Gasteiger partial charge in [-0.1, -0.05) is 12.1 Å². The number of nitrogens with one attached hydrogen (secondary N) is 2. The minimum absolute atomic E-state index is 0.107. The minimum atomic E-state index is -0.591.